The molecule has 23 heavy (non-hydrogen) atoms. The van der Waals surface area contributed by atoms with Crippen LogP contribution in [0.2, 0.25) is 0 Å². The molecule has 1 aliphatic rings. The minimum Gasteiger partial charge on any atom is -0.496 e. The van der Waals surface area contributed by atoms with Gasteiger partial charge in [0.25, 0.3) is 5.69 Å². The molecule has 8 nitrogen and oxygen atoms in total. The Labute approximate surface area is 133 Å². The fraction of sp³-hybridized carbons (Fsp3) is 0.333. The number of nitrogens with zero attached hydrogens (tertiary/aromatic N) is 4. The molecule has 0 saturated heterocycles. The van der Waals surface area contributed by atoms with Crippen molar-refractivity contribution >= 4 is 11.6 Å². The molecular weight excluding hydrogens is 298 g/mol. The van der Waals surface area contributed by atoms with Crippen molar-refractivity contribution in [3.8, 4) is 5.75 Å². The SMILES string of the molecule is COc1cc([N+](=O)[O-])ccc1CN1CCc2nc(N)ncc2C1. The van der Waals surface area contributed by atoms with Crippen LogP contribution in [0.25, 0.3) is 0 Å². The van der Waals surface area contributed by atoms with Gasteiger partial charge in [-0.1, -0.05) is 0 Å². The number of rotatable bonds is 4. The molecular formula is C15H17N5O3. The number of hydrogen-bond donors (Lipinski definition) is 1. The van der Waals surface area contributed by atoms with Gasteiger partial charge in [0.05, 0.1) is 23.8 Å². The van der Waals surface area contributed by atoms with E-state index in [0.29, 0.717) is 18.2 Å². The van der Waals surface area contributed by atoms with Crippen molar-refractivity contribution in [1.82, 2.24) is 14.9 Å². The molecule has 0 radical (unpaired) electrons. The van der Waals surface area contributed by atoms with E-state index in [2.05, 4.69) is 14.9 Å². The average molecular weight is 315 g/mol. The summed E-state index contributed by atoms with van der Waals surface area (Å²) >= 11 is 0. The third kappa shape index (κ3) is 3.21. The molecule has 1 aromatic heterocycles. The van der Waals surface area contributed by atoms with E-state index in [0.717, 1.165) is 36.3 Å². The predicted molar refractivity (Wildman–Crippen MR) is 83.9 cm³/mol. The first-order chi connectivity index (χ1) is 11.1. The Kier molecular flexibility index (Phi) is 4.07. The third-order valence-electron chi connectivity index (χ3n) is 3.91. The molecule has 8 heteroatoms. The number of anilines is 1. The highest BCUT2D eigenvalue weighted by molar-refractivity contribution is 5.44. The zero-order valence-electron chi connectivity index (χ0n) is 12.7. The highest BCUT2D eigenvalue weighted by atomic mass is 16.6. The summed E-state index contributed by atoms with van der Waals surface area (Å²) in [5.74, 6) is 0.827. The lowest BCUT2D eigenvalue weighted by molar-refractivity contribution is -0.384. The zero-order valence-corrected chi connectivity index (χ0v) is 12.7. The second-order valence-electron chi connectivity index (χ2n) is 5.41. The lowest BCUT2D eigenvalue weighted by atomic mass is 10.1. The van der Waals surface area contributed by atoms with Crippen LogP contribution < -0.4 is 10.5 Å². The molecule has 2 heterocycles. The summed E-state index contributed by atoms with van der Waals surface area (Å²) < 4.78 is 5.29. The summed E-state index contributed by atoms with van der Waals surface area (Å²) in [5.41, 5.74) is 8.60. The maximum atomic E-state index is 10.9. The molecule has 0 fully saturated rings. The molecule has 120 valence electrons. The standard InChI is InChI=1S/C15H17N5O3/c1-23-14-6-12(20(21)22)3-2-10(14)8-19-5-4-13-11(9-19)7-17-15(16)18-13/h2-3,6-7H,4-5,8-9H2,1H3,(H2,16,17,18). The molecule has 0 spiro atoms. The van der Waals surface area contributed by atoms with Gasteiger partial charge in [0, 0.05) is 49.4 Å². The summed E-state index contributed by atoms with van der Waals surface area (Å²) in [7, 11) is 1.52. The molecule has 0 saturated carbocycles. The van der Waals surface area contributed by atoms with Crippen molar-refractivity contribution in [3.63, 3.8) is 0 Å². The van der Waals surface area contributed by atoms with E-state index in [9.17, 15) is 10.1 Å². The van der Waals surface area contributed by atoms with Crippen LogP contribution in [-0.4, -0.2) is 33.4 Å². The number of non-ortho nitro benzene ring substituents is 1. The Morgan fingerprint density at radius 3 is 3.04 bits per heavy atom. The van der Waals surface area contributed by atoms with Gasteiger partial charge in [0.2, 0.25) is 5.95 Å². The number of benzene rings is 1. The molecule has 0 unspecified atom stereocenters. The number of ether oxygens (including phenoxy) is 1. The molecule has 3 rings (SSSR count). The number of hydrogen-bond acceptors (Lipinski definition) is 7. The van der Waals surface area contributed by atoms with Crippen LogP contribution in [0.5, 0.6) is 5.75 Å². The number of nitro groups is 1. The Hall–Kier alpha value is -2.74. The molecule has 0 atom stereocenters. The normalized spacial score (nSPS) is 14.3. The maximum absolute atomic E-state index is 10.9. The van der Waals surface area contributed by atoms with E-state index in [-0.39, 0.29) is 5.69 Å². The van der Waals surface area contributed by atoms with Gasteiger partial charge in [-0.2, -0.15) is 0 Å². The van der Waals surface area contributed by atoms with Crippen LogP contribution in [-0.2, 0) is 19.5 Å². The van der Waals surface area contributed by atoms with Gasteiger partial charge in [0.15, 0.2) is 0 Å². The zero-order chi connectivity index (χ0) is 16.4. The quantitative estimate of drug-likeness (QED) is 0.673. The largest absolute Gasteiger partial charge is 0.496 e. The Morgan fingerprint density at radius 2 is 2.30 bits per heavy atom. The Balaban J connectivity index is 1.78. The summed E-state index contributed by atoms with van der Waals surface area (Å²) in [6, 6.07) is 4.70. The number of nitrogens with two attached hydrogens (primary N) is 1. The second kappa shape index (κ2) is 6.17. The van der Waals surface area contributed by atoms with Gasteiger partial charge in [0.1, 0.15) is 5.75 Å². The van der Waals surface area contributed by atoms with Gasteiger partial charge in [-0.3, -0.25) is 15.0 Å². The van der Waals surface area contributed by atoms with Gasteiger partial charge >= 0.3 is 0 Å². The van der Waals surface area contributed by atoms with E-state index in [1.807, 2.05) is 0 Å². The van der Waals surface area contributed by atoms with Crippen LogP contribution >= 0.6 is 0 Å². The van der Waals surface area contributed by atoms with Crippen molar-refractivity contribution in [2.45, 2.75) is 19.5 Å². The monoisotopic (exact) mass is 315 g/mol. The van der Waals surface area contributed by atoms with E-state index >= 15 is 0 Å². The van der Waals surface area contributed by atoms with Crippen molar-refractivity contribution in [1.29, 1.82) is 0 Å². The number of methoxy groups -OCH3 is 1. The van der Waals surface area contributed by atoms with Gasteiger partial charge < -0.3 is 10.5 Å². The Bertz CT molecular complexity index is 750. The predicted octanol–water partition coefficient (Wildman–Crippen LogP) is 1.53. The first-order valence-corrected chi connectivity index (χ1v) is 7.20. The van der Waals surface area contributed by atoms with Crippen LogP contribution in [0.3, 0.4) is 0 Å². The maximum Gasteiger partial charge on any atom is 0.273 e. The smallest absolute Gasteiger partial charge is 0.273 e. The lowest BCUT2D eigenvalue weighted by Crippen LogP contribution is -2.31. The third-order valence-corrected chi connectivity index (χ3v) is 3.91. The average Bonchev–Trinajstić information content (AvgIpc) is 2.55. The van der Waals surface area contributed by atoms with Crippen molar-refractivity contribution < 1.29 is 9.66 Å². The van der Waals surface area contributed by atoms with Gasteiger partial charge in [-0.15, -0.1) is 0 Å². The molecule has 1 aliphatic heterocycles. The van der Waals surface area contributed by atoms with E-state index < -0.39 is 4.92 Å². The summed E-state index contributed by atoms with van der Waals surface area (Å²) in [6.45, 7) is 2.20. The highest BCUT2D eigenvalue weighted by Gasteiger charge is 2.20. The summed E-state index contributed by atoms with van der Waals surface area (Å²) in [4.78, 5) is 21.0. The van der Waals surface area contributed by atoms with E-state index in [1.54, 1.807) is 12.3 Å². The van der Waals surface area contributed by atoms with Gasteiger partial charge in [-0.25, -0.2) is 9.97 Å². The highest BCUT2D eigenvalue weighted by Crippen LogP contribution is 2.27. The Morgan fingerprint density at radius 1 is 1.48 bits per heavy atom. The van der Waals surface area contributed by atoms with Crippen molar-refractivity contribution in [3.05, 3.63) is 51.3 Å². The summed E-state index contributed by atoms with van der Waals surface area (Å²) in [5, 5.41) is 10.9. The van der Waals surface area contributed by atoms with E-state index in [1.165, 1.54) is 19.2 Å². The van der Waals surface area contributed by atoms with Crippen LogP contribution in [0.4, 0.5) is 11.6 Å². The molecule has 0 bridgehead atoms. The molecule has 1 aromatic carbocycles. The first-order valence-electron chi connectivity index (χ1n) is 7.20. The van der Waals surface area contributed by atoms with Crippen molar-refractivity contribution in [2.24, 2.45) is 0 Å². The second-order valence-corrected chi connectivity index (χ2v) is 5.41. The fourth-order valence-corrected chi connectivity index (χ4v) is 2.74. The first kappa shape index (κ1) is 15.2. The molecule has 0 aliphatic carbocycles. The summed E-state index contributed by atoms with van der Waals surface area (Å²) in [6.07, 6.45) is 2.56. The number of nitrogen functional groups attached to an aromatic ring is 1. The molecule has 0 amide bonds. The molecule has 2 aromatic rings. The fourth-order valence-electron chi connectivity index (χ4n) is 2.74. The van der Waals surface area contributed by atoms with Gasteiger partial charge in [-0.05, 0) is 6.07 Å². The molecule has 2 N–H and O–H groups in total. The van der Waals surface area contributed by atoms with Crippen LogP contribution in [0, 0.1) is 10.1 Å². The lowest BCUT2D eigenvalue weighted by Gasteiger charge is -2.28. The number of aromatic nitrogens is 2. The minimum absolute atomic E-state index is 0.0264. The van der Waals surface area contributed by atoms with Crippen LogP contribution in [0.1, 0.15) is 16.8 Å². The number of nitro benzene ring substituents is 1. The number of fused-ring (bicyclic) bond motifs is 1. The van der Waals surface area contributed by atoms with Crippen LogP contribution in [0.15, 0.2) is 24.4 Å². The van der Waals surface area contributed by atoms with E-state index in [4.69, 9.17) is 10.5 Å². The van der Waals surface area contributed by atoms with Crippen molar-refractivity contribution in [2.75, 3.05) is 19.4 Å². The topological polar surface area (TPSA) is 107 Å². The minimum atomic E-state index is -0.425.